The van der Waals surface area contributed by atoms with Crippen LogP contribution >= 0.6 is 12.4 Å². The summed E-state index contributed by atoms with van der Waals surface area (Å²) in [5.74, 6) is -0.0793. The topological polar surface area (TPSA) is 59.6 Å². The number of nitrogens with one attached hydrogen (secondary N) is 2. The first-order valence-corrected chi connectivity index (χ1v) is 5.35. The lowest BCUT2D eigenvalue weighted by atomic mass is 10.4. The number of hydrogen-bond acceptors (Lipinski definition) is 4. The van der Waals surface area contributed by atoms with Crippen molar-refractivity contribution in [2.24, 2.45) is 0 Å². The van der Waals surface area contributed by atoms with Gasteiger partial charge in [0.2, 0.25) is 5.91 Å². The number of methoxy groups -OCH3 is 1. The highest BCUT2D eigenvalue weighted by atomic mass is 35.5. The van der Waals surface area contributed by atoms with Crippen molar-refractivity contribution in [2.75, 3.05) is 46.6 Å². The maximum absolute atomic E-state index is 11.1. The summed E-state index contributed by atoms with van der Waals surface area (Å²) in [6, 6.07) is 0. The molecule has 0 aliphatic rings. The minimum Gasteiger partial charge on any atom is -0.382 e. The van der Waals surface area contributed by atoms with Crippen molar-refractivity contribution in [1.29, 1.82) is 0 Å². The van der Waals surface area contributed by atoms with Gasteiger partial charge in [0.05, 0.1) is 13.2 Å². The van der Waals surface area contributed by atoms with Crippen LogP contribution in [0.15, 0.2) is 0 Å². The van der Waals surface area contributed by atoms with Crippen LogP contribution in [0.3, 0.4) is 0 Å². The second kappa shape index (κ2) is 14.6. The third-order valence-electron chi connectivity index (χ3n) is 1.72. The van der Waals surface area contributed by atoms with Crippen molar-refractivity contribution >= 4 is 18.3 Å². The molecule has 0 saturated heterocycles. The summed E-state index contributed by atoms with van der Waals surface area (Å²) in [4.78, 5) is 11.1. The number of carbonyl (C=O) groups is 1. The molecule has 0 aromatic heterocycles. The predicted octanol–water partition coefficient (Wildman–Crippen LogP) is 0.187. The number of halogens is 1. The number of rotatable bonds is 10. The summed E-state index contributed by atoms with van der Waals surface area (Å²) < 4.78 is 9.84. The fourth-order valence-electron chi connectivity index (χ4n) is 0.950. The number of amides is 1. The van der Waals surface area contributed by atoms with Crippen molar-refractivity contribution in [3.8, 4) is 0 Å². The highest BCUT2D eigenvalue weighted by Crippen LogP contribution is 1.76. The van der Waals surface area contributed by atoms with E-state index in [4.69, 9.17) is 9.47 Å². The molecule has 0 rings (SSSR count). The maximum Gasteiger partial charge on any atom is 0.246 e. The Balaban J connectivity index is 0. The summed E-state index contributed by atoms with van der Waals surface area (Å²) in [6.07, 6.45) is 1.11. The van der Waals surface area contributed by atoms with E-state index >= 15 is 0 Å². The number of ether oxygens (including phenoxy) is 2. The molecule has 0 saturated carbocycles. The molecule has 0 aliphatic carbocycles. The van der Waals surface area contributed by atoms with Crippen LogP contribution in [0.2, 0.25) is 0 Å². The van der Waals surface area contributed by atoms with Crippen LogP contribution in [0.4, 0.5) is 0 Å². The second-order valence-electron chi connectivity index (χ2n) is 3.15. The van der Waals surface area contributed by atoms with Gasteiger partial charge in [-0.3, -0.25) is 4.79 Å². The molecule has 2 N–H and O–H groups in total. The maximum atomic E-state index is 11.1. The molecule has 5 nitrogen and oxygen atoms in total. The molecule has 1 amide bonds. The van der Waals surface area contributed by atoms with E-state index in [9.17, 15) is 4.79 Å². The van der Waals surface area contributed by atoms with Gasteiger partial charge in [-0.2, -0.15) is 0 Å². The first-order chi connectivity index (χ1) is 7.31. The number of carbonyl (C=O) groups excluding carboxylic acids is 1. The largest absolute Gasteiger partial charge is 0.382 e. The van der Waals surface area contributed by atoms with E-state index in [0.717, 1.165) is 19.5 Å². The zero-order chi connectivity index (χ0) is 11.4. The van der Waals surface area contributed by atoms with Gasteiger partial charge in [-0.25, -0.2) is 0 Å². The third-order valence-corrected chi connectivity index (χ3v) is 1.72. The molecule has 0 heterocycles. The SMILES string of the molecule is CCCNCCNC(=O)COCCOC.Cl. The van der Waals surface area contributed by atoms with Crippen LogP contribution in [0.25, 0.3) is 0 Å². The van der Waals surface area contributed by atoms with Crippen molar-refractivity contribution < 1.29 is 14.3 Å². The first kappa shape index (κ1) is 18.0. The molecule has 0 atom stereocenters. The van der Waals surface area contributed by atoms with Gasteiger partial charge in [0.25, 0.3) is 0 Å². The molecule has 0 bridgehead atoms. The molecule has 6 heteroatoms. The average Bonchev–Trinajstić information content (AvgIpc) is 2.24. The summed E-state index contributed by atoms with van der Waals surface area (Å²) in [6.45, 7) is 5.63. The Kier molecular flexibility index (Phi) is 16.5. The van der Waals surface area contributed by atoms with Crippen LogP contribution < -0.4 is 10.6 Å². The molecule has 16 heavy (non-hydrogen) atoms. The fraction of sp³-hybridized carbons (Fsp3) is 0.900. The van der Waals surface area contributed by atoms with E-state index in [1.54, 1.807) is 7.11 Å². The molecule has 0 fully saturated rings. The quantitative estimate of drug-likeness (QED) is 0.547. The monoisotopic (exact) mass is 254 g/mol. The van der Waals surface area contributed by atoms with E-state index in [2.05, 4.69) is 17.6 Å². The van der Waals surface area contributed by atoms with Gasteiger partial charge in [-0.1, -0.05) is 6.92 Å². The molecule has 0 spiro atoms. The Labute approximate surface area is 104 Å². The van der Waals surface area contributed by atoms with Gasteiger partial charge in [0, 0.05) is 20.2 Å². The molecule has 0 radical (unpaired) electrons. The van der Waals surface area contributed by atoms with Crippen LogP contribution in [0, 0.1) is 0 Å². The van der Waals surface area contributed by atoms with E-state index in [0.29, 0.717) is 19.8 Å². The zero-order valence-electron chi connectivity index (χ0n) is 10.1. The van der Waals surface area contributed by atoms with Gasteiger partial charge in [0.15, 0.2) is 0 Å². The predicted molar refractivity (Wildman–Crippen MR) is 66.1 cm³/mol. The molecule has 98 valence electrons. The Morgan fingerprint density at radius 3 is 2.56 bits per heavy atom. The summed E-state index contributed by atoms with van der Waals surface area (Å²) in [7, 11) is 1.60. The lowest BCUT2D eigenvalue weighted by molar-refractivity contribution is -0.126. The van der Waals surface area contributed by atoms with Crippen LogP contribution in [0.5, 0.6) is 0 Å². The van der Waals surface area contributed by atoms with Crippen molar-refractivity contribution in [3.63, 3.8) is 0 Å². The summed E-state index contributed by atoms with van der Waals surface area (Å²) in [5.41, 5.74) is 0. The van der Waals surface area contributed by atoms with Crippen LogP contribution in [-0.4, -0.2) is 52.5 Å². The number of hydrogen-bond donors (Lipinski definition) is 2. The van der Waals surface area contributed by atoms with Gasteiger partial charge >= 0.3 is 0 Å². The van der Waals surface area contributed by atoms with Gasteiger partial charge in [0.1, 0.15) is 6.61 Å². The van der Waals surface area contributed by atoms with Gasteiger partial charge < -0.3 is 20.1 Å². The zero-order valence-corrected chi connectivity index (χ0v) is 10.9. The Morgan fingerprint density at radius 2 is 1.94 bits per heavy atom. The normalized spacial score (nSPS) is 9.62. The fourth-order valence-corrected chi connectivity index (χ4v) is 0.950. The summed E-state index contributed by atoms with van der Waals surface area (Å²) in [5, 5.41) is 5.94. The van der Waals surface area contributed by atoms with Crippen LogP contribution in [-0.2, 0) is 14.3 Å². The van der Waals surface area contributed by atoms with E-state index in [1.165, 1.54) is 0 Å². The lowest BCUT2D eigenvalue weighted by Gasteiger charge is -2.06. The molecular weight excluding hydrogens is 232 g/mol. The Hall–Kier alpha value is -0.360. The first-order valence-electron chi connectivity index (χ1n) is 5.35. The minimum atomic E-state index is -0.0793. The Morgan fingerprint density at radius 1 is 1.19 bits per heavy atom. The minimum absolute atomic E-state index is 0. The molecule has 0 unspecified atom stereocenters. The van der Waals surface area contributed by atoms with Gasteiger partial charge in [-0.15, -0.1) is 12.4 Å². The highest BCUT2D eigenvalue weighted by molar-refractivity contribution is 5.85. The summed E-state index contributed by atoms with van der Waals surface area (Å²) >= 11 is 0. The van der Waals surface area contributed by atoms with Crippen molar-refractivity contribution in [2.45, 2.75) is 13.3 Å². The van der Waals surface area contributed by atoms with E-state index in [-0.39, 0.29) is 24.9 Å². The molecule has 0 aromatic carbocycles. The molecule has 0 aromatic rings. The second-order valence-corrected chi connectivity index (χ2v) is 3.15. The van der Waals surface area contributed by atoms with E-state index in [1.807, 2.05) is 0 Å². The molecular formula is C10H23ClN2O3. The molecule has 0 aliphatic heterocycles. The van der Waals surface area contributed by atoms with Crippen molar-refractivity contribution in [3.05, 3.63) is 0 Å². The van der Waals surface area contributed by atoms with E-state index < -0.39 is 0 Å². The third kappa shape index (κ3) is 13.6. The van der Waals surface area contributed by atoms with Crippen molar-refractivity contribution in [1.82, 2.24) is 10.6 Å². The van der Waals surface area contributed by atoms with Crippen LogP contribution in [0.1, 0.15) is 13.3 Å². The van der Waals surface area contributed by atoms with Gasteiger partial charge in [-0.05, 0) is 13.0 Å². The smallest absolute Gasteiger partial charge is 0.246 e. The lowest BCUT2D eigenvalue weighted by Crippen LogP contribution is -2.34. The highest BCUT2D eigenvalue weighted by Gasteiger charge is 1.99. The standard InChI is InChI=1S/C10H22N2O3.ClH/c1-3-4-11-5-6-12-10(13)9-15-8-7-14-2;/h11H,3-9H2,1-2H3,(H,12,13);1H. The average molecular weight is 255 g/mol. The Bertz CT molecular complexity index is 159.